The van der Waals surface area contributed by atoms with Gasteiger partial charge < -0.3 is 20.9 Å². The number of nitrogens with two attached hydrogens (primary N) is 1. The molecular weight excluding hydrogens is 409 g/mol. The molecule has 29 heavy (non-hydrogen) atoms. The molecule has 0 radical (unpaired) electrons. The van der Waals surface area contributed by atoms with Crippen LogP contribution in [0, 0.1) is 5.82 Å². The van der Waals surface area contributed by atoms with Crippen LogP contribution < -0.4 is 15.8 Å². The highest BCUT2D eigenvalue weighted by Gasteiger charge is 2.06. The number of phenolic OH excluding ortho intramolecular Hbond substituents is 1. The van der Waals surface area contributed by atoms with Crippen molar-refractivity contribution < 1.29 is 14.2 Å². The van der Waals surface area contributed by atoms with E-state index in [0.717, 1.165) is 26.4 Å². The van der Waals surface area contributed by atoms with Crippen LogP contribution in [0.4, 0.5) is 15.2 Å². The topological polar surface area (TPSA) is 80.4 Å². The number of nitrogens with one attached hydrogen (secondary N) is 1. The first kappa shape index (κ1) is 20.8. The molecule has 0 unspecified atom stereocenters. The Morgan fingerprint density at radius 1 is 1.17 bits per heavy atom. The second kappa shape index (κ2) is 9.49. The molecule has 150 valence electrons. The lowest BCUT2D eigenvalue weighted by Crippen LogP contribution is -2.00. The number of fused-ring (bicyclic) bond motifs is 1. The standard InChI is InChI=1S/C14H15NO2S.C7H5FN2S/c1-17-13-4-2-3-10(14(13)16)9-15-11-5-7-12(18)8-6-11;8-4-1-2-5-6(3-4)11-7(9)10-5/h2-8,15-16,18H,9H2,1H3;1-3H,(H2,9,10). The van der Waals surface area contributed by atoms with Crippen molar-refractivity contribution in [2.75, 3.05) is 18.2 Å². The van der Waals surface area contributed by atoms with Gasteiger partial charge in [-0.2, -0.15) is 0 Å². The molecule has 4 N–H and O–H groups in total. The Labute approximate surface area is 177 Å². The lowest BCUT2D eigenvalue weighted by atomic mass is 10.2. The predicted molar refractivity (Wildman–Crippen MR) is 120 cm³/mol. The molecule has 0 bridgehead atoms. The third-order valence-electron chi connectivity index (χ3n) is 4.02. The number of rotatable bonds is 4. The summed E-state index contributed by atoms with van der Waals surface area (Å²) in [5.41, 5.74) is 7.96. The number of para-hydroxylation sites is 1. The molecule has 4 rings (SSSR count). The van der Waals surface area contributed by atoms with E-state index in [-0.39, 0.29) is 11.6 Å². The van der Waals surface area contributed by atoms with Crippen molar-refractivity contribution in [1.29, 1.82) is 0 Å². The average molecular weight is 430 g/mol. The number of benzene rings is 3. The summed E-state index contributed by atoms with van der Waals surface area (Å²) in [6, 6.07) is 17.6. The van der Waals surface area contributed by atoms with Crippen LogP contribution in [0.3, 0.4) is 0 Å². The second-order valence-electron chi connectivity index (χ2n) is 6.03. The number of phenols is 1. The molecule has 0 saturated carbocycles. The molecule has 0 aliphatic carbocycles. The number of methoxy groups -OCH3 is 1. The Kier molecular flexibility index (Phi) is 6.79. The Hall–Kier alpha value is -2.97. The molecule has 3 aromatic carbocycles. The van der Waals surface area contributed by atoms with Gasteiger partial charge in [-0.15, -0.1) is 12.6 Å². The number of hydrogen-bond acceptors (Lipinski definition) is 7. The van der Waals surface area contributed by atoms with Crippen molar-refractivity contribution in [2.24, 2.45) is 0 Å². The number of ether oxygens (including phenoxy) is 1. The van der Waals surface area contributed by atoms with Gasteiger partial charge in [0.1, 0.15) is 5.82 Å². The Balaban J connectivity index is 0.000000186. The first-order valence-corrected chi connectivity index (χ1v) is 9.92. The third kappa shape index (κ3) is 5.52. The van der Waals surface area contributed by atoms with Gasteiger partial charge in [0.05, 0.1) is 17.3 Å². The Morgan fingerprint density at radius 2 is 1.93 bits per heavy atom. The Morgan fingerprint density at radius 3 is 2.66 bits per heavy atom. The van der Waals surface area contributed by atoms with Crippen LogP contribution in [0.5, 0.6) is 11.5 Å². The maximum absolute atomic E-state index is 12.6. The number of halogens is 1. The summed E-state index contributed by atoms with van der Waals surface area (Å²) in [4.78, 5) is 4.90. The predicted octanol–water partition coefficient (Wildman–Crippen LogP) is 5.32. The zero-order valence-corrected chi connectivity index (χ0v) is 17.3. The summed E-state index contributed by atoms with van der Waals surface area (Å²) in [6.45, 7) is 0.537. The summed E-state index contributed by atoms with van der Waals surface area (Å²) in [7, 11) is 1.54. The van der Waals surface area contributed by atoms with Crippen molar-refractivity contribution in [2.45, 2.75) is 11.4 Å². The van der Waals surface area contributed by atoms with Crippen LogP contribution in [-0.2, 0) is 6.54 Å². The fourth-order valence-electron chi connectivity index (χ4n) is 2.57. The van der Waals surface area contributed by atoms with Gasteiger partial charge >= 0.3 is 0 Å². The van der Waals surface area contributed by atoms with Crippen molar-refractivity contribution >= 4 is 45.0 Å². The van der Waals surface area contributed by atoms with E-state index in [4.69, 9.17) is 10.5 Å². The van der Waals surface area contributed by atoms with Crippen LogP contribution in [0.25, 0.3) is 10.2 Å². The summed E-state index contributed by atoms with van der Waals surface area (Å²) in [5.74, 6) is 0.416. The molecule has 4 aromatic rings. The fraction of sp³-hybridized carbons (Fsp3) is 0.0952. The maximum Gasteiger partial charge on any atom is 0.181 e. The summed E-state index contributed by atoms with van der Waals surface area (Å²) < 4.78 is 18.4. The molecule has 0 spiro atoms. The van der Waals surface area contributed by atoms with E-state index in [1.54, 1.807) is 12.1 Å². The Bertz CT molecular complexity index is 1100. The van der Waals surface area contributed by atoms with Gasteiger partial charge in [0, 0.05) is 22.7 Å². The molecule has 0 amide bonds. The zero-order valence-electron chi connectivity index (χ0n) is 15.6. The monoisotopic (exact) mass is 429 g/mol. The van der Waals surface area contributed by atoms with Gasteiger partial charge in [0.2, 0.25) is 0 Å². The molecular formula is C21H20FN3O2S2. The van der Waals surface area contributed by atoms with E-state index in [1.165, 1.54) is 30.6 Å². The number of aromatic hydroxyl groups is 1. The molecule has 0 saturated heterocycles. The molecule has 0 aliphatic heterocycles. The number of nitrogen functional groups attached to an aromatic ring is 1. The molecule has 0 aliphatic rings. The third-order valence-corrected chi connectivity index (χ3v) is 5.17. The van der Waals surface area contributed by atoms with Gasteiger partial charge in [-0.1, -0.05) is 23.5 Å². The second-order valence-corrected chi connectivity index (χ2v) is 7.61. The number of anilines is 2. The molecule has 8 heteroatoms. The van der Waals surface area contributed by atoms with Gasteiger partial charge in [0.15, 0.2) is 16.6 Å². The SMILES string of the molecule is COc1cccc(CNc2ccc(S)cc2)c1O.Nc1nc2ccc(F)cc2s1. The van der Waals surface area contributed by atoms with Crippen molar-refractivity contribution in [1.82, 2.24) is 4.98 Å². The van der Waals surface area contributed by atoms with E-state index < -0.39 is 0 Å². The van der Waals surface area contributed by atoms with Crippen LogP contribution in [0.15, 0.2) is 65.6 Å². The number of nitrogens with zero attached hydrogens (tertiary/aromatic N) is 1. The zero-order chi connectivity index (χ0) is 20.8. The molecule has 5 nitrogen and oxygen atoms in total. The van der Waals surface area contributed by atoms with Crippen molar-refractivity contribution in [3.8, 4) is 11.5 Å². The maximum atomic E-state index is 12.6. The minimum Gasteiger partial charge on any atom is -0.504 e. The largest absolute Gasteiger partial charge is 0.504 e. The van der Waals surface area contributed by atoms with E-state index >= 15 is 0 Å². The number of aromatic nitrogens is 1. The molecule has 1 heterocycles. The minimum absolute atomic E-state index is 0.179. The van der Waals surface area contributed by atoms with Gasteiger partial charge in [-0.3, -0.25) is 0 Å². The van der Waals surface area contributed by atoms with E-state index in [9.17, 15) is 9.50 Å². The quantitative estimate of drug-likeness (QED) is 0.330. The lowest BCUT2D eigenvalue weighted by molar-refractivity contribution is 0.371. The highest BCUT2D eigenvalue weighted by molar-refractivity contribution is 7.80. The van der Waals surface area contributed by atoms with E-state index in [0.29, 0.717) is 17.4 Å². The molecule has 0 fully saturated rings. The van der Waals surface area contributed by atoms with Crippen LogP contribution in [0.1, 0.15) is 5.56 Å². The minimum atomic E-state index is -0.249. The van der Waals surface area contributed by atoms with Crippen molar-refractivity contribution in [3.05, 3.63) is 72.0 Å². The van der Waals surface area contributed by atoms with Crippen LogP contribution in [-0.4, -0.2) is 17.2 Å². The lowest BCUT2D eigenvalue weighted by Gasteiger charge is -2.10. The van der Waals surface area contributed by atoms with Crippen molar-refractivity contribution in [3.63, 3.8) is 0 Å². The summed E-state index contributed by atoms with van der Waals surface area (Å²) in [5, 5.41) is 13.6. The smallest absolute Gasteiger partial charge is 0.181 e. The average Bonchev–Trinajstić information content (AvgIpc) is 3.08. The van der Waals surface area contributed by atoms with Gasteiger partial charge in [0.25, 0.3) is 0 Å². The molecule has 0 atom stereocenters. The number of thiol groups is 1. The highest BCUT2D eigenvalue weighted by atomic mass is 32.1. The summed E-state index contributed by atoms with van der Waals surface area (Å²) >= 11 is 5.52. The van der Waals surface area contributed by atoms with Crippen LogP contribution in [0.2, 0.25) is 0 Å². The normalized spacial score (nSPS) is 10.3. The van der Waals surface area contributed by atoms with E-state index in [1.807, 2.05) is 36.4 Å². The van der Waals surface area contributed by atoms with Gasteiger partial charge in [-0.25, -0.2) is 9.37 Å². The van der Waals surface area contributed by atoms with Crippen LogP contribution >= 0.6 is 24.0 Å². The highest BCUT2D eigenvalue weighted by Crippen LogP contribution is 2.29. The van der Waals surface area contributed by atoms with Gasteiger partial charge in [-0.05, 0) is 48.5 Å². The number of hydrogen-bond donors (Lipinski definition) is 4. The molecule has 1 aromatic heterocycles. The fourth-order valence-corrected chi connectivity index (χ4v) is 3.48. The first-order chi connectivity index (χ1) is 14.0. The number of thiazole rings is 1. The summed E-state index contributed by atoms with van der Waals surface area (Å²) in [6.07, 6.45) is 0. The first-order valence-electron chi connectivity index (χ1n) is 8.65. The van der Waals surface area contributed by atoms with E-state index in [2.05, 4.69) is 22.9 Å².